The molecule has 1 saturated heterocycles. The molecule has 1 N–H and O–H groups in total. The van der Waals surface area contributed by atoms with Crippen molar-refractivity contribution in [3.05, 3.63) is 41.7 Å². The van der Waals surface area contributed by atoms with Crippen molar-refractivity contribution in [2.45, 2.75) is 64.3 Å². The van der Waals surface area contributed by atoms with Crippen LogP contribution in [0.3, 0.4) is 0 Å². The van der Waals surface area contributed by atoms with Gasteiger partial charge in [0.25, 0.3) is 0 Å². The minimum atomic E-state index is -0.513. The predicted octanol–water partition coefficient (Wildman–Crippen LogP) is 4.10. The first-order valence-corrected chi connectivity index (χ1v) is 11.6. The lowest BCUT2D eigenvalue weighted by Crippen LogP contribution is -2.48. The number of hydrogen-bond acceptors (Lipinski definition) is 5. The Morgan fingerprint density at radius 1 is 1.23 bits per heavy atom. The molecule has 1 aromatic carbocycles. The average molecular weight is 445 g/mol. The number of aryl methyl sites for hydroxylation is 1. The molecule has 3 rings (SSSR count). The summed E-state index contributed by atoms with van der Waals surface area (Å²) < 4.78 is 7.35. The van der Waals surface area contributed by atoms with E-state index in [2.05, 4.69) is 36.3 Å². The molecule has 31 heavy (non-hydrogen) atoms. The van der Waals surface area contributed by atoms with E-state index < -0.39 is 11.7 Å². The van der Waals surface area contributed by atoms with Gasteiger partial charge < -0.3 is 15.0 Å². The molecule has 1 aromatic heterocycles. The number of amides is 2. The highest BCUT2D eigenvalue weighted by atomic mass is 32.2. The highest BCUT2D eigenvalue weighted by Crippen LogP contribution is 2.25. The molecule has 8 heteroatoms. The molecule has 1 aliphatic rings. The molecule has 0 spiro atoms. The summed E-state index contributed by atoms with van der Waals surface area (Å²) >= 11 is 1.45. The molecule has 168 valence electrons. The quantitative estimate of drug-likeness (QED) is 0.703. The van der Waals surface area contributed by atoms with Crippen LogP contribution >= 0.6 is 11.8 Å². The number of likely N-dealkylation sites (tertiary alicyclic amines) is 1. The molecule has 0 bridgehead atoms. The van der Waals surface area contributed by atoms with Crippen molar-refractivity contribution in [3.63, 3.8) is 0 Å². The molecule has 0 aliphatic carbocycles. The Balaban J connectivity index is 1.50. The molecule has 0 radical (unpaired) electrons. The van der Waals surface area contributed by atoms with Gasteiger partial charge in [0.2, 0.25) is 5.91 Å². The van der Waals surface area contributed by atoms with Crippen molar-refractivity contribution in [2.75, 3.05) is 18.8 Å². The monoisotopic (exact) mass is 444 g/mol. The van der Waals surface area contributed by atoms with E-state index in [0.29, 0.717) is 18.8 Å². The normalized spacial score (nSPS) is 15.1. The summed E-state index contributed by atoms with van der Waals surface area (Å²) in [5.41, 5.74) is 3.00. The molecular weight excluding hydrogens is 412 g/mol. The first-order chi connectivity index (χ1) is 14.6. The topological polar surface area (TPSA) is 76.5 Å². The van der Waals surface area contributed by atoms with Gasteiger partial charge in [0, 0.05) is 31.5 Å². The van der Waals surface area contributed by atoms with Crippen molar-refractivity contribution in [3.8, 4) is 5.69 Å². The Hall–Kier alpha value is -2.48. The first-order valence-electron chi connectivity index (χ1n) is 10.6. The highest BCUT2D eigenvalue weighted by Gasteiger charge is 2.26. The zero-order valence-electron chi connectivity index (χ0n) is 19.0. The van der Waals surface area contributed by atoms with Crippen LogP contribution in [0.5, 0.6) is 0 Å². The number of hydrogen-bond donors (Lipinski definition) is 1. The summed E-state index contributed by atoms with van der Waals surface area (Å²) in [4.78, 5) is 31.0. The van der Waals surface area contributed by atoms with Crippen LogP contribution in [0.1, 0.15) is 44.7 Å². The van der Waals surface area contributed by atoms with Crippen LogP contribution in [0, 0.1) is 13.8 Å². The third-order valence-electron chi connectivity index (χ3n) is 5.34. The largest absolute Gasteiger partial charge is 0.444 e. The number of carbonyl (C=O) groups is 2. The van der Waals surface area contributed by atoms with Gasteiger partial charge in [-0.05, 0) is 64.7 Å². The maximum absolute atomic E-state index is 12.7. The summed E-state index contributed by atoms with van der Waals surface area (Å²) in [5.74, 6) is 0.433. The van der Waals surface area contributed by atoms with Gasteiger partial charge in [0.05, 0.1) is 11.4 Å². The minimum Gasteiger partial charge on any atom is -0.444 e. The van der Waals surface area contributed by atoms with Crippen molar-refractivity contribution >= 4 is 23.8 Å². The van der Waals surface area contributed by atoms with Crippen LogP contribution in [0.15, 0.2) is 35.7 Å². The van der Waals surface area contributed by atoms with Gasteiger partial charge in [0.1, 0.15) is 5.60 Å². The molecule has 2 amide bonds. The second-order valence-electron chi connectivity index (χ2n) is 8.89. The lowest BCUT2D eigenvalue weighted by Gasteiger charge is -2.32. The predicted molar refractivity (Wildman–Crippen MR) is 123 cm³/mol. The maximum atomic E-state index is 12.7. The van der Waals surface area contributed by atoms with Crippen molar-refractivity contribution in [2.24, 2.45) is 0 Å². The number of nitrogens with one attached hydrogen (secondary N) is 1. The smallest absolute Gasteiger partial charge is 0.407 e. The number of carbonyl (C=O) groups excluding carboxylic acids is 2. The molecule has 2 heterocycles. The second-order valence-corrected chi connectivity index (χ2v) is 9.83. The van der Waals surface area contributed by atoms with E-state index >= 15 is 0 Å². The molecule has 7 nitrogen and oxygen atoms in total. The van der Waals surface area contributed by atoms with E-state index in [1.54, 1.807) is 6.20 Å². The van der Waals surface area contributed by atoms with Crippen molar-refractivity contribution in [1.82, 2.24) is 19.8 Å². The second kappa shape index (κ2) is 9.77. The van der Waals surface area contributed by atoms with E-state index in [1.807, 2.05) is 42.5 Å². The number of imidazole rings is 1. The molecule has 1 fully saturated rings. The van der Waals surface area contributed by atoms with E-state index in [4.69, 9.17) is 4.74 Å². The zero-order chi connectivity index (χ0) is 22.6. The molecule has 0 saturated carbocycles. The molecular formula is C23H32N4O3S. The van der Waals surface area contributed by atoms with Crippen molar-refractivity contribution in [1.29, 1.82) is 0 Å². The van der Waals surface area contributed by atoms with Gasteiger partial charge in [-0.15, -0.1) is 0 Å². The highest BCUT2D eigenvalue weighted by molar-refractivity contribution is 7.99. The Bertz CT molecular complexity index is 927. The Morgan fingerprint density at radius 3 is 2.61 bits per heavy atom. The lowest BCUT2D eigenvalue weighted by molar-refractivity contribution is -0.129. The lowest BCUT2D eigenvalue weighted by atomic mass is 10.1. The van der Waals surface area contributed by atoms with Gasteiger partial charge in [-0.3, -0.25) is 9.36 Å². The summed E-state index contributed by atoms with van der Waals surface area (Å²) in [6, 6.07) is 6.23. The van der Waals surface area contributed by atoms with Crippen LogP contribution in [-0.2, 0) is 9.53 Å². The molecule has 0 unspecified atom stereocenters. The van der Waals surface area contributed by atoms with Crippen LogP contribution in [0.2, 0.25) is 0 Å². The fourth-order valence-corrected chi connectivity index (χ4v) is 4.41. The Kier molecular flexibility index (Phi) is 7.30. The van der Waals surface area contributed by atoms with Crippen LogP contribution in [-0.4, -0.2) is 56.9 Å². The molecule has 2 aromatic rings. The van der Waals surface area contributed by atoms with E-state index in [0.717, 1.165) is 23.7 Å². The zero-order valence-corrected chi connectivity index (χ0v) is 19.8. The van der Waals surface area contributed by atoms with Crippen LogP contribution in [0.25, 0.3) is 5.69 Å². The Morgan fingerprint density at radius 2 is 1.94 bits per heavy atom. The summed E-state index contributed by atoms with van der Waals surface area (Å²) in [6.45, 7) is 11.0. The van der Waals surface area contributed by atoms with Gasteiger partial charge in [0.15, 0.2) is 5.16 Å². The summed E-state index contributed by atoms with van der Waals surface area (Å²) in [6.07, 6.45) is 4.76. The number of rotatable bonds is 5. The standard InChI is InChI=1S/C23H32N4O3S/c1-16-7-6-8-19(17(16)2)27-14-11-24-21(27)31-15-20(28)26-12-9-18(10-13-26)25-22(29)30-23(3,4)5/h6-8,11,14,18H,9-10,12-13,15H2,1-5H3,(H,25,29). The van der Waals surface area contributed by atoms with Crippen molar-refractivity contribution < 1.29 is 14.3 Å². The number of ether oxygens (including phenoxy) is 1. The van der Waals surface area contributed by atoms with Gasteiger partial charge in [-0.1, -0.05) is 23.9 Å². The van der Waals surface area contributed by atoms with E-state index in [9.17, 15) is 9.59 Å². The van der Waals surface area contributed by atoms with Crippen LogP contribution in [0.4, 0.5) is 4.79 Å². The maximum Gasteiger partial charge on any atom is 0.407 e. The third-order valence-corrected chi connectivity index (χ3v) is 6.29. The SMILES string of the molecule is Cc1cccc(-n2ccnc2SCC(=O)N2CCC(NC(=O)OC(C)(C)C)CC2)c1C. The number of benzene rings is 1. The summed E-state index contributed by atoms with van der Waals surface area (Å²) in [7, 11) is 0. The van der Waals surface area contributed by atoms with E-state index in [1.165, 1.54) is 22.9 Å². The fraction of sp³-hybridized carbons (Fsp3) is 0.522. The summed E-state index contributed by atoms with van der Waals surface area (Å²) in [5, 5.41) is 3.72. The number of aromatic nitrogens is 2. The van der Waals surface area contributed by atoms with Gasteiger partial charge in [-0.2, -0.15) is 0 Å². The molecule has 1 aliphatic heterocycles. The van der Waals surface area contributed by atoms with Crippen LogP contribution < -0.4 is 5.32 Å². The number of piperidine rings is 1. The fourth-order valence-electron chi connectivity index (χ4n) is 3.54. The number of thioether (sulfide) groups is 1. The molecule has 0 atom stereocenters. The minimum absolute atomic E-state index is 0.0368. The first kappa shape index (κ1) is 23.2. The number of nitrogens with zero attached hydrogens (tertiary/aromatic N) is 3. The average Bonchev–Trinajstić information content (AvgIpc) is 3.15. The Labute approximate surface area is 188 Å². The van der Waals surface area contributed by atoms with E-state index in [-0.39, 0.29) is 11.9 Å². The van der Waals surface area contributed by atoms with Gasteiger partial charge >= 0.3 is 6.09 Å². The third kappa shape index (κ3) is 6.26. The number of alkyl carbamates (subject to hydrolysis) is 1. The van der Waals surface area contributed by atoms with Gasteiger partial charge in [-0.25, -0.2) is 9.78 Å².